The summed E-state index contributed by atoms with van der Waals surface area (Å²) in [4.78, 5) is 25.6. The quantitative estimate of drug-likeness (QED) is 0.833. The van der Waals surface area contributed by atoms with Crippen LogP contribution in [0.3, 0.4) is 0 Å². The number of aliphatic hydroxyl groups excluding tert-OH is 1. The van der Waals surface area contributed by atoms with E-state index in [0.29, 0.717) is 12.1 Å². The molecule has 124 valence electrons. The van der Waals surface area contributed by atoms with Crippen LogP contribution in [0.5, 0.6) is 0 Å². The number of benzene rings is 1. The molecule has 2 unspecified atom stereocenters. The second kappa shape index (κ2) is 7.92. The Bertz CT molecular complexity index is 578. The third-order valence-corrected chi connectivity index (χ3v) is 4.21. The number of hydrogen-bond donors (Lipinski definition) is 2. The van der Waals surface area contributed by atoms with E-state index in [1.54, 1.807) is 49.2 Å². The van der Waals surface area contributed by atoms with Crippen LogP contribution in [0.25, 0.3) is 6.08 Å². The van der Waals surface area contributed by atoms with E-state index in [4.69, 9.17) is 0 Å². The van der Waals surface area contributed by atoms with Crippen molar-refractivity contribution in [2.75, 3.05) is 13.6 Å². The number of carbonyl (C=O) groups is 2. The molecule has 1 aliphatic rings. The summed E-state index contributed by atoms with van der Waals surface area (Å²) in [5, 5.41) is 12.4. The smallest absolute Gasteiger partial charge is 0.251 e. The van der Waals surface area contributed by atoms with Gasteiger partial charge >= 0.3 is 0 Å². The SMILES string of the molecule is CNC(=O)c1ccc(/C=C/C(=O)N2CCCCC2C(C)O)cc1. The molecule has 0 spiro atoms. The van der Waals surface area contributed by atoms with Crippen molar-refractivity contribution in [2.45, 2.75) is 38.3 Å². The zero-order valence-corrected chi connectivity index (χ0v) is 13.7. The van der Waals surface area contributed by atoms with Crippen LogP contribution in [0.2, 0.25) is 0 Å². The highest BCUT2D eigenvalue weighted by Gasteiger charge is 2.28. The lowest BCUT2D eigenvalue weighted by atomic mass is 9.98. The lowest BCUT2D eigenvalue weighted by molar-refractivity contribution is -0.132. The summed E-state index contributed by atoms with van der Waals surface area (Å²) < 4.78 is 0. The van der Waals surface area contributed by atoms with Crippen LogP contribution in [0.4, 0.5) is 0 Å². The number of nitrogens with one attached hydrogen (secondary N) is 1. The molecule has 0 saturated carbocycles. The fourth-order valence-electron chi connectivity index (χ4n) is 2.89. The molecule has 0 radical (unpaired) electrons. The Morgan fingerprint density at radius 3 is 2.61 bits per heavy atom. The van der Waals surface area contributed by atoms with E-state index < -0.39 is 6.10 Å². The van der Waals surface area contributed by atoms with Gasteiger partial charge in [-0.1, -0.05) is 12.1 Å². The van der Waals surface area contributed by atoms with Crippen LogP contribution in [0.15, 0.2) is 30.3 Å². The Morgan fingerprint density at radius 2 is 2.00 bits per heavy atom. The molecule has 2 rings (SSSR count). The molecule has 2 amide bonds. The highest BCUT2D eigenvalue weighted by Crippen LogP contribution is 2.20. The minimum absolute atomic E-state index is 0.0778. The molecule has 2 N–H and O–H groups in total. The predicted octanol–water partition coefficient (Wildman–Crippen LogP) is 1.82. The number of amides is 2. The van der Waals surface area contributed by atoms with Gasteiger partial charge in [0, 0.05) is 25.2 Å². The van der Waals surface area contributed by atoms with Crippen LogP contribution >= 0.6 is 0 Å². The summed E-state index contributed by atoms with van der Waals surface area (Å²) in [6.45, 7) is 2.42. The summed E-state index contributed by atoms with van der Waals surface area (Å²) in [6.07, 6.45) is 5.63. The molecule has 0 aliphatic carbocycles. The minimum Gasteiger partial charge on any atom is -0.391 e. The van der Waals surface area contributed by atoms with Crippen molar-refractivity contribution in [3.05, 3.63) is 41.5 Å². The van der Waals surface area contributed by atoms with E-state index in [1.165, 1.54) is 6.08 Å². The van der Waals surface area contributed by atoms with Gasteiger partial charge in [-0.05, 0) is 50.0 Å². The average Bonchev–Trinajstić information content (AvgIpc) is 2.59. The standard InChI is InChI=1S/C18H24N2O3/c1-13(21)16-5-3-4-12-20(16)17(22)11-8-14-6-9-15(10-7-14)18(23)19-2/h6-11,13,16,21H,3-5,12H2,1-2H3,(H,19,23)/b11-8+. The average molecular weight is 316 g/mol. The highest BCUT2D eigenvalue weighted by molar-refractivity contribution is 5.95. The number of piperidine rings is 1. The molecule has 5 nitrogen and oxygen atoms in total. The fourth-order valence-corrected chi connectivity index (χ4v) is 2.89. The maximum atomic E-state index is 12.4. The number of nitrogens with zero attached hydrogens (tertiary/aromatic N) is 1. The van der Waals surface area contributed by atoms with Gasteiger partial charge in [0.05, 0.1) is 12.1 Å². The van der Waals surface area contributed by atoms with Gasteiger partial charge in [-0.2, -0.15) is 0 Å². The lowest BCUT2D eigenvalue weighted by Crippen LogP contribution is -2.48. The second-order valence-electron chi connectivity index (χ2n) is 5.87. The van der Waals surface area contributed by atoms with Gasteiger partial charge in [0.15, 0.2) is 0 Å². The van der Waals surface area contributed by atoms with Gasteiger partial charge in [-0.15, -0.1) is 0 Å². The molecule has 23 heavy (non-hydrogen) atoms. The van der Waals surface area contributed by atoms with Crippen molar-refractivity contribution in [2.24, 2.45) is 0 Å². The topological polar surface area (TPSA) is 69.6 Å². The van der Waals surface area contributed by atoms with Gasteiger partial charge in [0.25, 0.3) is 5.91 Å². The van der Waals surface area contributed by atoms with Crippen LogP contribution in [0.1, 0.15) is 42.1 Å². The molecule has 1 aromatic carbocycles. The molecule has 2 atom stereocenters. The summed E-state index contributed by atoms with van der Waals surface area (Å²) in [5.41, 5.74) is 1.44. The molecule has 1 aliphatic heterocycles. The third-order valence-electron chi connectivity index (χ3n) is 4.21. The Morgan fingerprint density at radius 1 is 1.30 bits per heavy atom. The number of aliphatic hydroxyl groups is 1. The van der Waals surface area contributed by atoms with Crippen molar-refractivity contribution >= 4 is 17.9 Å². The highest BCUT2D eigenvalue weighted by atomic mass is 16.3. The second-order valence-corrected chi connectivity index (χ2v) is 5.87. The first-order chi connectivity index (χ1) is 11.0. The van der Waals surface area contributed by atoms with Crippen molar-refractivity contribution in [1.82, 2.24) is 10.2 Å². The monoisotopic (exact) mass is 316 g/mol. The molecule has 1 saturated heterocycles. The van der Waals surface area contributed by atoms with E-state index in [2.05, 4.69) is 5.32 Å². The molecule has 5 heteroatoms. The van der Waals surface area contributed by atoms with Gasteiger partial charge in [-0.25, -0.2) is 0 Å². The Labute approximate surface area is 137 Å². The number of likely N-dealkylation sites (tertiary alicyclic amines) is 1. The van der Waals surface area contributed by atoms with E-state index in [0.717, 1.165) is 24.8 Å². The first kappa shape index (κ1) is 17.2. The van der Waals surface area contributed by atoms with Crippen LogP contribution in [-0.4, -0.2) is 47.6 Å². The molecule has 0 aromatic heterocycles. The molecule has 0 bridgehead atoms. The van der Waals surface area contributed by atoms with Gasteiger partial charge in [0.2, 0.25) is 5.91 Å². The van der Waals surface area contributed by atoms with E-state index in [-0.39, 0.29) is 17.9 Å². The van der Waals surface area contributed by atoms with Crippen molar-refractivity contribution in [1.29, 1.82) is 0 Å². The summed E-state index contributed by atoms with van der Waals surface area (Å²) in [7, 11) is 1.59. The zero-order chi connectivity index (χ0) is 16.8. The van der Waals surface area contributed by atoms with Crippen LogP contribution < -0.4 is 5.32 Å². The maximum absolute atomic E-state index is 12.4. The summed E-state index contributed by atoms with van der Waals surface area (Å²) >= 11 is 0. The predicted molar refractivity (Wildman–Crippen MR) is 89.9 cm³/mol. The lowest BCUT2D eigenvalue weighted by Gasteiger charge is -2.36. The van der Waals surface area contributed by atoms with E-state index >= 15 is 0 Å². The largest absolute Gasteiger partial charge is 0.391 e. The maximum Gasteiger partial charge on any atom is 0.251 e. The first-order valence-electron chi connectivity index (χ1n) is 8.02. The fraction of sp³-hybridized carbons (Fsp3) is 0.444. The minimum atomic E-state index is -0.514. The number of rotatable bonds is 4. The zero-order valence-electron chi connectivity index (χ0n) is 13.7. The van der Waals surface area contributed by atoms with Crippen molar-refractivity contribution in [3.8, 4) is 0 Å². The Balaban J connectivity index is 2.03. The van der Waals surface area contributed by atoms with Gasteiger partial charge in [-0.3, -0.25) is 9.59 Å². The van der Waals surface area contributed by atoms with Crippen LogP contribution in [0, 0.1) is 0 Å². The van der Waals surface area contributed by atoms with Crippen molar-refractivity contribution in [3.63, 3.8) is 0 Å². The summed E-state index contributed by atoms with van der Waals surface area (Å²) in [6, 6.07) is 6.95. The molecule has 1 aromatic rings. The number of carbonyl (C=O) groups excluding carboxylic acids is 2. The Kier molecular flexibility index (Phi) is 5.93. The molecule has 1 fully saturated rings. The Hall–Kier alpha value is -2.14. The van der Waals surface area contributed by atoms with Crippen LogP contribution in [-0.2, 0) is 4.79 Å². The number of hydrogen-bond acceptors (Lipinski definition) is 3. The molecular formula is C18H24N2O3. The normalized spacial score (nSPS) is 19.6. The molecule has 1 heterocycles. The van der Waals surface area contributed by atoms with Crippen molar-refractivity contribution < 1.29 is 14.7 Å². The summed E-state index contributed by atoms with van der Waals surface area (Å²) in [5.74, 6) is -0.212. The third kappa shape index (κ3) is 4.42. The first-order valence-corrected chi connectivity index (χ1v) is 8.02. The molecular weight excluding hydrogens is 292 g/mol. The van der Waals surface area contributed by atoms with E-state index in [1.807, 2.05) is 0 Å². The van der Waals surface area contributed by atoms with E-state index in [9.17, 15) is 14.7 Å². The van der Waals surface area contributed by atoms with Gasteiger partial charge in [0.1, 0.15) is 0 Å². The van der Waals surface area contributed by atoms with Gasteiger partial charge < -0.3 is 15.3 Å².